The Morgan fingerprint density at radius 3 is 1.96 bits per heavy atom. The zero-order valence-corrected chi connectivity index (χ0v) is 11.3. The number of hydrogen-bond donors (Lipinski definition) is 6. The van der Waals surface area contributed by atoms with Gasteiger partial charge in [0.25, 0.3) is 0 Å². The smallest absolute Gasteiger partial charge is 0.204 e. The number of fused-ring (bicyclic) bond motifs is 1. The first-order valence-corrected chi connectivity index (χ1v) is 6.26. The van der Waals surface area contributed by atoms with Crippen molar-refractivity contribution in [1.82, 2.24) is 0 Å². The first kappa shape index (κ1) is 14.4. The van der Waals surface area contributed by atoms with E-state index in [1.54, 1.807) is 0 Å². The lowest BCUT2D eigenvalue weighted by atomic mass is 10.0. The van der Waals surface area contributed by atoms with Crippen molar-refractivity contribution < 1.29 is 43.6 Å². The van der Waals surface area contributed by atoms with Crippen molar-refractivity contribution >= 4 is 11.0 Å². The molecule has 8 heteroatoms. The second-order valence-electron chi connectivity index (χ2n) is 4.81. The average Bonchev–Trinajstić information content (AvgIpc) is 2.50. The third-order valence-electron chi connectivity index (χ3n) is 3.37. The standard InChI is InChI=1S/C15H10O8.6H2/c16-7-1-5(2-8(17)13(7)20)6-4-23-10-3-9(18)14(21)15(22)11(10)12(6)19;;;;;;/h1-4,16-18,20-22H;6*1H. The second-order valence-corrected chi connectivity index (χ2v) is 4.81. The maximum absolute atomic E-state index is 12.5. The molecule has 1 heterocycles. The summed E-state index contributed by atoms with van der Waals surface area (Å²) < 4.78 is 5.15. The third-order valence-corrected chi connectivity index (χ3v) is 3.37. The van der Waals surface area contributed by atoms with E-state index in [2.05, 4.69) is 0 Å². The maximum atomic E-state index is 12.5. The Morgan fingerprint density at radius 2 is 1.35 bits per heavy atom. The van der Waals surface area contributed by atoms with Crippen molar-refractivity contribution in [2.24, 2.45) is 0 Å². The molecule has 0 radical (unpaired) electrons. The molecule has 0 aliphatic rings. The Kier molecular flexibility index (Phi) is 2.96. The predicted octanol–water partition coefficient (Wildman–Crippen LogP) is 3.17. The number of phenols is 6. The summed E-state index contributed by atoms with van der Waals surface area (Å²) in [5, 5.41) is 56.7. The molecule has 0 bridgehead atoms. The van der Waals surface area contributed by atoms with Gasteiger partial charge in [-0.3, -0.25) is 4.79 Å². The molecule has 6 N–H and O–H groups in total. The van der Waals surface area contributed by atoms with Gasteiger partial charge in [-0.05, 0) is 17.7 Å². The number of phenolic OH excluding ortho intramolecular Hbond substituents is 6. The molecule has 0 atom stereocenters. The summed E-state index contributed by atoms with van der Waals surface area (Å²) in [6, 6.07) is 3.00. The summed E-state index contributed by atoms with van der Waals surface area (Å²) in [6.45, 7) is 0. The van der Waals surface area contributed by atoms with Crippen molar-refractivity contribution in [1.29, 1.82) is 0 Å². The molecular weight excluding hydrogens is 308 g/mol. The molecule has 0 fully saturated rings. The fourth-order valence-electron chi connectivity index (χ4n) is 2.20. The highest BCUT2D eigenvalue weighted by Crippen LogP contribution is 2.42. The lowest BCUT2D eigenvalue weighted by molar-refractivity contribution is 0.368. The highest BCUT2D eigenvalue weighted by molar-refractivity contribution is 5.91. The van der Waals surface area contributed by atoms with Crippen LogP contribution in [-0.4, -0.2) is 30.6 Å². The highest BCUT2D eigenvalue weighted by atomic mass is 16.3. The number of hydrogen-bond acceptors (Lipinski definition) is 8. The summed E-state index contributed by atoms with van der Waals surface area (Å²) >= 11 is 0. The minimum absolute atomic E-state index is 0. The van der Waals surface area contributed by atoms with E-state index in [9.17, 15) is 35.4 Å². The van der Waals surface area contributed by atoms with Gasteiger partial charge in [-0.15, -0.1) is 0 Å². The normalized spacial score (nSPS) is 11.0. The largest absolute Gasteiger partial charge is 0.504 e. The van der Waals surface area contributed by atoms with Crippen LogP contribution in [0.2, 0.25) is 0 Å². The minimum atomic E-state index is -0.877. The average molecular weight is 330 g/mol. The number of rotatable bonds is 1. The molecule has 3 rings (SSSR count). The van der Waals surface area contributed by atoms with E-state index >= 15 is 0 Å². The molecule has 0 saturated carbocycles. The predicted molar refractivity (Wildman–Crippen MR) is 90.6 cm³/mol. The van der Waals surface area contributed by atoms with E-state index in [1.807, 2.05) is 0 Å². The van der Waals surface area contributed by atoms with Crippen LogP contribution in [0.3, 0.4) is 0 Å². The van der Waals surface area contributed by atoms with Crippen LogP contribution >= 0.6 is 0 Å². The summed E-state index contributed by atoms with van der Waals surface area (Å²) in [5.41, 5.74) is -1.08. The monoisotopic (exact) mass is 330 g/mol. The van der Waals surface area contributed by atoms with Gasteiger partial charge >= 0.3 is 0 Å². The van der Waals surface area contributed by atoms with Crippen LogP contribution in [-0.2, 0) is 0 Å². The fraction of sp³-hybridized carbons (Fsp3) is 0. The molecule has 0 saturated heterocycles. The summed E-state index contributed by atoms with van der Waals surface area (Å²) in [6.07, 6.45) is 0.992. The SMILES string of the molecule is O=c1c(-c2cc(O)c(O)c(O)c2)coc2cc(O)c(O)c(O)c12.[HH].[HH].[HH].[HH].[HH].[HH]. The lowest BCUT2D eigenvalue weighted by Crippen LogP contribution is -2.05. The summed E-state index contributed by atoms with van der Waals surface area (Å²) in [5.74, 6) is -4.45. The highest BCUT2D eigenvalue weighted by Gasteiger charge is 2.19. The Labute approximate surface area is 136 Å². The second kappa shape index (κ2) is 4.73. The topological polar surface area (TPSA) is 152 Å². The van der Waals surface area contributed by atoms with E-state index in [-0.39, 0.29) is 30.7 Å². The summed E-state index contributed by atoms with van der Waals surface area (Å²) in [4.78, 5) is 12.5. The van der Waals surface area contributed by atoms with Crippen LogP contribution < -0.4 is 5.43 Å². The summed E-state index contributed by atoms with van der Waals surface area (Å²) in [7, 11) is 0. The van der Waals surface area contributed by atoms with E-state index in [1.165, 1.54) is 0 Å². The van der Waals surface area contributed by atoms with Gasteiger partial charge in [0.1, 0.15) is 17.2 Å². The zero-order chi connectivity index (χ0) is 16.9. The van der Waals surface area contributed by atoms with Gasteiger partial charge in [0.05, 0.1) is 5.56 Å². The fourth-order valence-corrected chi connectivity index (χ4v) is 2.20. The van der Waals surface area contributed by atoms with Gasteiger partial charge in [-0.2, -0.15) is 0 Å². The first-order valence-electron chi connectivity index (χ1n) is 6.26. The molecule has 0 aliphatic carbocycles. The molecule has 0 unspecified atom stereocenters. The van der Waals surface area contributed by atoms with Crippen molar-refractivity contribution in [2.75, 3.05) is 0 Å². The van der Waals surface area contributed by atoms with Gasteiger partial charge in [0, 0.05) is 14.6 Å². The molecular formula is C15H22O8. The van der Waals surface area contributed by atoms with Crippen molar-refractivity contribution in [2.45, 2.75) is 0 Å². The maximum Gasteiger partial charge on any atom is 0.204 e. The van der Waals surface area contributed by atoms with Crippen molar-refractivity contribution in [3.8, 4) is 45.6 Å². The lowest BCUT2D eigenvalue weighted by Gasteiger charge is -2.08. The molecule has 0 amide bonds. The third kappa shape index (κ3) is 2.04. The Morgan fingerprint density at radius 1 is 0.783 bits per heavy atom. The van der Waals surface area contributed by atoms with Crippen molar-refractivity contribution in [3.63, 3.8) is 0 Å². The molecule has 8 nitrogen and oxygen atoms in total. The molecule has 1 aromatic heterocycles. The van der Waals surface area contributed by atoms with Gasteiger partial charge in [0.2, 0.25) is 11.2 Å². The molecule has 2 aromatic carbocycles. The van der Waals surface area contributed by atoms with E-state index in [4.69, 9.17) is 4.42 Å². The van der Waals surface area contributed by atoms with Crippen LogP contribution in [0.4, 0.5) is 0 Å². The van der Waals surface area contributed by atoms with Crippen LogP contribution in [0.15, 0.2) is 33.7 Å². The van der Waals surface area contributed by atoms with Crippen LogP contribution in [0, 0.1) is 0 Å². The van der Waals surface area contributed by atoms with Gasteiger partial charge < -0.3 is 35.1 Å². The number of aromatic hydroxyl groups is 6. The van der Waals surface area contributed by atoms with Crippen LogP contribution in [0.5, 0.6) is 34.5 Å². The Balaban J connectivity index is -0.000000521. The van der Waals surface area contributed by atoms with Gasteiger partial charge in [-0.25, -0.2) is 0 Å². The molecule has 23 heavy (non-hydrogen) atoms. The van der Waals surface area contributed by atoms with E-state index in [0.29, 0.717) is 0 Å². The van der Waals surface area contributed by atoms with Gasteiger partial charge in [0.15, 0.2) is 28.7 Å². The van der Waals surface area contributed by atoms with Gasteiger partial charge in [-0.1, -0.05) is 0 Å². The first-order chi connectivity index (χ1) is 10.8. The Bertz CT molecular complexity index is 1000. The van der Waals surface area contributed by atoms with Crippen LogP contribution in [0.25, 0.3) is 22.1 Å². The molecule has 3 aromatic rings. The quantitative estimate of drug-likeness (QED) is 0.372. The van der Waals surface area contributed by atoms with Crippen LogP contribution in [0.1, 0.15) is 8.56 Å². The molecule has 0 aliphatic heterocycles. The van der Waals surface area contributed by atoms with Crippen molar-refractivity contribution in [3.05, 3.63) is 34.7 Å². The molecule has 130 valence electrons. The van der Waals surface area contributed by atoms with E-state index in [0.717, 1.165) is 24.5 Å². The molecule has 0 spiro atoms. The van der Waals surface area contributed by atoms with E-state index < -0.39 is 39.9 Å². The minimum Gasteiger partial charge on any atom is -0.504 e. The number of benzene rings is 2. The zero-order valence-electron chi connectivity index (χ0n) is 11.3. The Hall–Kier alpha value is -3.55.